The number of primary amides is 1. The Labute approximate surface area is 167 Å². The minimum absolute atomic E-state index is 0.180. The topological polar surface area (TPSA) is 118 Å². The van der Waals surface area contributed by atoms with Crippen LogP contribution in [0.1, 0.15) is 15.4 Å². The molecule has 2 aromatic heterocycles. The van der Waals surface area contributed by atoms with Gasteiger partial charge in [0.2, 0.25) is 0 Å². The van der Waals surface area contributed by atoms with Crippen LogP contribution in [0.3, 0.4) is 0 Å². The number of hydrogen-bond acceptors (Lipinski definition) is 7. The zero-order valence-corrected chi connectivity index (χ0v) is 16.6. The highest BCUT2D eigenvalue weighted by molar-refractivity contribution is 7.18. The summed E-state index contributed by atoms with van der Waals surface area (Å²) in [5.74, 6) is -0.271. The van der Waals surface area contributed by atoms with Gasteiger partial charge >= 0.3 is 12.1 Å². The van der Waals surface area contributed by atoms with Gasteiger partial charge < -0.3 is 20.7 Å². The van der Waals surface area contributed by atoms with Crippen LogP contribution >= 0.6 is 34.3 Å². The van der Waals surface area contributed by atoms with E-state index in [1.54, 1.807) is 24.6 Å². The van der Waals surface area contributed by atoms with E-state index in [1.807, 2.05) is 0 Å². The fourth-order valence-electron chi connectivity index (χ4n) is 2.33. The monoisotopic (exact) mass is 429 g/mol. The Kier molecular flexibility index (Phi) is 5.82. The summed E-state index contributed by atoms with van der Waals surface area (Å²) in [6.07, 6.45) is -1.02. The molecule has 1 fully saturated rings. The van der Waals surface area contributed by atoms with Crippen molar-refractivity contribution in [3.05, 3.63) is 32.4 Å². The number of cyclic esters (lactones) is 1. The molecule has 0 saturated carbocycles. The van der Waals surface area contributed by atoms with Crippen LogP contribution in [0.2, 0.25) is 4.34 Å². The summed E-state index contributed by atoms with van der Waals surface area (Å²) >= 11 is 8.26. The second-order valence-electron chi connectivity index (χ2n) is 5.75. The lowest BCUT2D eigenvalue weighted by Gasteiger charge is -2.12. The van der Waals surface area contributed by atoms with Crippen LogP contribution in [0.25, 0.3) is 0 Å². The number of anilines is 1. The van der Waals surface area contributed by atoms with Crippen molar-refractivity contribution in [3.63, 3.8) is 0 Å². The maximum Gasteiger partial charge on any atom is 0.416 e. The van der Waals surface area contributed by atoms with Crippen molar-refractivity contribution < 1.29 is 19.1 Å². The number of hydrogen-bond donors (Lipinski definition) is 2. The molecule has 3 rings (SSSR count). The van der Waals surface area contributed by atoms with Gasteiger partial charge in [0, 0.05) is 12.4 Å². The highest BCUT2D eigenvalue weighted by atomic mass is 35.5. The van der Waals surface area contributed by atoms with Gasteiger partial charge in [0.25, 0.3) is 5.91 Å². The van der Waals surface area contributed by atoms with Crippen LogP contribution in [0.5, 0.6) is 0 Å². The summed E-state index contributed by atoms with van der Waals surface area (Å²) in [5.41, 5.74) is 5.81. The van der Waals surface area contributed by atoms with Crippen LogP contribution in [-0.4, -0.2) is 54.2 Å². The Bertz CT molecular complexity index is 870. The normalized spacial score (nSPS) is 16.3. The summed E-state index contributed by atoms with van der Waals surface area (Å²) in [6.45, 7) is 0.694. The van der Waals surface area contributed by atoms with Gasteiger partial charge in [0.15, 0.2) is 5.13 Å². The Hall–Kier alpha value is -2.37. The number of nitrogens with one attached hydrogen (secondary N) is 1. The summed E-state index contributed by atoms with van der Waals surface area (Å²) in [5, 5.41) is 4.94. The van der Waals surface area contributed by atoms with E-state index in [1.165, 1.54) is 32.5 Å². The number of ether oxygens (including phenoxy) is 1. The number of rotatable bonds is 6. The molecule has 1 aliphatic heterocycles. The average molecular weight is 430 g/mol. The molecule has 1 atom stereocenters. The molecule has 4 amide bonds. The highest BCUT2D eigenvalue weighted by Gasteiger charge is 2.34. The second-order valence-corrected chi connectivity index (χ2v) is 8.30. The number of amides is 4. The molecule has 2 aromatic rings. The van der Waals surface area contributed by atoms with Gasteiger partial charge in [0.05, 0.1) is 34.5 Å². The first-order valence-corrected chi connectivity index (χ1v) is 9.87. The number of urea groups is 1. The van der Waals surface area contributed by atoms with Gasteiger partial charge in [-0.3, -0.25) is 4.79 Å². The summed E-state index contributed by atoms with van der Waals surface area (Å²) in [7, 11) is 1.56. The van der Waals surface area contributed by atoms with E-state index in [0.29, 0.717) is 20.0 Å². The lowest BCUT2D eigenvalue weighted by Crippen LogP contribution is -2.34. The van der Waals surface area contributed by atoms with E-state index < -0.39 is 18.2 Å². The molecule has 0 unspecified atom stereocenters. The van der Waals surface area contributed by atoms with E-state index in [4.69, 9.17) is 22.1 Å². The molecule has 0 bridgehead atoms. The smallest absolute Gasteiger partial charge is 0.416 e. The molecule has 27 heavy (non-hydrogen) atoms. The molecule has 0 radical (unpaired) electrons. The predicted octanol–water partition coefficient (Wildman–Crippen LogP) is 2.12. The molecule has 0 aliphatic carbocycles. The van der Waals surface area contributed by atoms with Gasteiger partial charge in [0.1, 0.15) is 6.10 Å². The van der Waals surface area contributed by atoms with Crippen LogP contribution in [-0.2, 0) is 11.3 Å². The van der Waals surface area contributed by atoms with Crippen molar-refractivity contribution in [3.8, 4) is 0 Å². The molecular weight excluding hydrogens is 414 g/mol. The summed E-state index contributed by atoms with van der Waals surface area (Å²) in [6, 6.07) is 2.72. The van der Waals surface area contributed by atoms with Gasteiger partial charge in [-0.25, -0.2) is 19.5 Å². The number of thiophene rings is 1. The third kappa shape index (κ3) is 4.67. The van der Waals surface area contributed by atoms with Crippen molar-refractivity contribution >= 4 is 57.4 Å². The highest BCUT2D eigenvalue weighted by Crippen LogP contribution is 2.26. The molecule has 9 nitrogen and oxygen atoms in total. The number of carbonyl (C=O) groups is 3. The lowest BCUT2D eigenvalue weighted by molar-refractivity contribution is 0.0920. The minimum atomic E-state index is -0.562. The minimum Gasteiger partial charge on any atom is -0.442 e. The molecule has 12 heteroatoms. The Morgan fingerprint density at radius 3 is 2.96 bits per heavy atom. The molecule has 1 aliphatic rings. The van der Waals surface area contributed by atoms with Crippen LogP contribution < -0.4 is 16.0 Å². The standard InChI is InChI=1S/C15H16ClN5O4S2/c1-20(13(17)23)5-8-7-26-14(19-8)21-6-9(25-15(21)24)4-18-12(22)10-2-3-11(16)27-10/h2-3,7,9H,4-6H2,1H3,(H2,17,23)(H,18,22)/t9-/m0/s1. The van der Waals surface area contributed by atoms with E-state index in [2.05, 4.69) is 10.3 Å². The Morgan fingerprint density at radius 2 is 2.30 bits per heavy atom. The number of thiazole rings is 1. The number of carbonyl (C=O) groups excluding carboxylic acids is 3. The van der Waals surface area contributed by atoms with Crippen LogP contribution in [0.4, 0.5) is 14.7 Å². The molecule has 1 saturated heterocycles. The Morgan fingerprint density at radius 1 is 1.52 bits per heavy atom. The van der Waals surface area contributed by atoms with Gasteiger partial charge in [-0.1, -0.05) is 11.6 Å². The lowest BCUT2D eigenvalue weighted by atomic mass is 10.3. The van der Waals surface area contributed by atoms with E-state index in [9.17, 15) is 14.4 Å². The third-order valence-electron chi connectivity index (χ3n) is 3.71. The average Bonchev–Trinajstić information content (AvgIpc) is 3.33. The second kappa shape index (κ2) is 8.11. The van der Waals surface area contributed by atoms with Crippen LogP contribution in [0, 0.1) is 0 Å². The third-order valence-corrected chi connectivity index (χ3v) is 5.85. The molecule has 144 valence electrons. The zero-order chi connectivity index (χ0) is 19.6. The first-order chi connectivity index (χ1) is 12.8. The van der Waals surface area contributed by atoms with Crippen molar-refractivity contribution in [1.82, 2.24) is 15.2 Å². The first-order valence-electron chi connectivity index (χ1n) is 7.80. The first kappa shape index (κ1) is 19.4. The number of aromatic nitrogens is 1. The fraction of sp³-hybridized carbons (Fsp3) is 0.333. The summed E-state index contributed by atoms with van der Waals surface area (Å²) < 4.78 is 5.81. The number of nitrogens with two attached hydrogens (primary N) is 1. The SMILES string of the molecule is CN(Cc1csc(N2C[C@H](CNC(=O)c3ccc(Cl)s3)OC2=O)n1)C(N)=O. The molecule has 0 spiro atoms. The van der Waals surface area contributed by atoms with Crippen molar-refractivity contribution in [2.75, 3.05) is 25.0 Å². The Balaban J connectivity index is 1.55. The van der Waals surface area contributed by atoms with Gasteiger partial charge in [-0.2, -0.15) is 0 Å². The van der Waals surface area contributed by atoms with Gasteiger partial charge in [-0.15, -0.1) is 22.7 Å². The number of halogens is 1. The van der Waals surface area contributed by atoms with Crippen molar-refractivity contribution in [1.29, 1.82) is 0 Å². The van der Waals surface area contributed by atoms with Gasteiger partial charge in [-0.05, 0) is 12.1 Å². The number of nitrogens with zero attached hydrogens (tertiary/aromatic N) is 3. The fourth-order valence-corrected chi connectivity index (χ4v) is 4.10. The van der Waals surface area contributed by atoms with Crippen LogP contribution in [0.15, 0.2) is 17.5 Å². The quantitative estimate of drug-likeness (QED) is 0.729. The van der Waals surface area contributed by atoms with E-state index in [-0.39, 0.29) is 25.5 Å². The zero-order valence-electron chi connectivity index (χ0n) is 14.2. The molecular formula is C15H16ClN5O4S2. The largest absolute Gasteiger partial charge is 0.442 e. The van der Waals surface area contributed by atoms with Crippen molar-refractivity contribution in [2.45, 2.75) is 12.6 Å². The van der Waals surface area contributed by atoms with E-state index >= 15 is 0 Å². The summed E-state index contributed by atoms with van der Waals surface area (Å²) in [4.78, 5) is 42.8. The predicted molar refractivity (Wildman–Crippen MR) is 102 cm³/mol. The van der Waals surface area contributed by atoms with E-state index in [0.717, 1.165) is 0 Å². The molecule has 0 aromatic carbocycles. The molecule has 3 heterocycles. The maximum absolute atomic E-state index is 12.1. The maximum atomic E-state index is 12.1. The van der Waals surface area contributed by atoms with Crippen molar-refractivity contribution in [2.24, 2.45) is 5.73 Å². The molecule has 3 N–H and O–H groups in total.